The van der Waals surface area contributed by atoms with Gasteiger partial charge >= 0.3 is 0 Å². The van der Waals surface area contributed by atoms with Gasteiger partial charge < -0.3 is 4.74 Å². The molecule has 0 amide bonds. The Kier molecular flexibility index (Phi) is 2.98. The molecule has 0 bridgehead atoms. The number of methoxy groups -OCH3 is 1. The molecule has 0 aliphatic rings. The molecule has 0 saturated carbocycles. The zero-order valence-electron chi connectivity index (χ0n) is 7.24. The van der Waals surface area contributed by atoms with Gasteiger partial charge in [-0.3, -0.25) is 0 Å². The maximum atomic E-state index is 11.2. The number of ether oxygens (including phenoxy) is 1. The summed E-state index contributed by atoms with van der Waals surface area (Å²) in [7, 11) is -1.77. The van der Waals surface area contributed by atoms with Gasteiger partial charge in [-0.15, -0.1) is 0 Å². The number of hydrogen-bond acceptors (Lipinski definition) is 3. The molecule has 0 aromatic heterocycles. The predicted molar refractivity (Wildman–Crippen MR) is 53.8 cm³/mol. The fourth-order valence-electron chi connectivity index (χ4n) is 0.948. The zero-order valence-corrected chi connectivity index (χ0v) is 9.65. The van der Waals surface area contributed by atoms with E-state index in [1.54, 1.807) is 12.1 Å². The van der Waals surface area contributed by atoms with Gasteiger partial charge in [0.25, 0.3) is 0 Å². The van der Waals surface area contributed by atoms with Crippen molar-refractivity contribution in [3.05, 3.63) is 22.7 Å². The second kappa shape index (κ2) is 3.67. The van der Waals surface area contributed by atoms with Gasteiger partial charge in [-0.2, -0.15) is 0 Å². The summed E-state index contributed by atoms with van der Waals surface area (Å²) in [5.74, 6) is 0.358. The van der Waals surface area contributed by atoms with Crippen LogP contribution in [0.5, 0.6) is 5.75 Å². The molecule has 72 valence electrons. The minimum Gasteiger partial charge on any atom is -0.495 e. The van der Waals surface area contributed by atoms with Crippen molar-refractivity contribution in [1.29, 1.82) is 0 Å². The molecule has 1 aromatic carbocycles. The SMILES string of the molecule is COc1cc(Br)ccc1S(C)(=O)=O. The summed E-state index contributed by atoms with van der Waals surface area (Å²) in [6, 6.07) is 4.80. The van der Waals surface area contributed by atoms with Gasteiger partial charge in [0.2, 0.25) is 0 Å². The maximum absolute atomic E-state index is 11.2. The monoisotopic (exact) mass is 264 g/mol. The molecule has 0 unspecified atom stereocenters. The van der Waals surface area contributed by atoms with Crippen LogP contribution in [-0.2, 0) is 9.84 Å². The van der Waals surface area contributed by atoms with E-state index in [9.17, 15) is 8.42 Å². The predicted octanol–water partition coefficient (Wildman–Crippen LogP) is 1.86. The lowest BCUT2D eigenvalue weighted by Crippen LogP contribution is -2.00. The second-order valence-corrected chi connectivity index (χ2v) is 5.47. The van der Waals surface area contributed by atoms with Gasteiger partial charge in [0, 0.05) is 10.7 Å². The molecule has 0 aliphatic carbocycles. The fraction of sp³-hybridized carbons (Fsp3) is 0.250. The van der Waals surface area contributed by atoms with Crippen LogP contribution in [0.15, 0.2) is 27.6 Å². The largest absolute Gasteiger partial charge is 0.495 e. The molecule has 0 atom stereocenters. The highest BCUT2D eigenvalue weighted by atomic mass is 79.9. The summed E-state index contributed by atoms with van der Waals surface area (Å²) >= 11 is 3.23. The quantitative estimate of drug-likeness (QED) is 0.819. The molecular weight excluding hydrogens is 256 g/mol. The van der Waals surface area contributed by atoms with E-state index in [0.717, 1.165) is 10.7 Å². The number of halogens is 1. The van der Waals surface area contributed by atoms with Crippen LogP contribution in [0.25, 0.3) is 0 Å². The summed E-state index contributed by atoms with van der Waals surface area (Å²) in [5, 5.41) is 0. The first-order valence-electron chi connectivity index (χ1n) is 3.49. The van der Waals surface area contributed by atoms with E-state index < -0.39 is 9.84 Å². The summed E-state index contributed by atoms with van der Waals surface area (Å²) in [6.07, 6.45) is 1.15. The number of benzene rings is 1. The van der Waals surface area contributed by atoms with Gasteiger partial charge in [0.05, 0.1) is 7.11 Å². The Labute approximate surface area is 85.8 Å². The molecule has 5 heteroatoms. The molecule has 0 radical (unpaired) electrons. The third kappa shape index (κ3) is 2.45. The Hall–Kier alpha value is -0.550. The number of hydrogen-bond donors (Lipinski definition) is 0. The van der Waals surface area contributed by atoms with E-state index in [-0.39, 0.29) is 4.90 Å². The van der Waals surface area contributed by atoms with Crippen LogP contribution in [-0.4, -0.2) is 21.8 Å². The van der Waals surface area contributed by atoms with E-state index in [4.69, 9.17) is 4.74 Å². The lowest BCUT2D eigenvalue weighted by molar-refractivity contribution is 0.402. The van der Waals surface area contributed by atoms with Crippen LogP contribution in [0, 0.1) is 0 Å². The van der Waals surface area contributed by atoms with Gasteiger partial charge in [-0.25, -0.2) is 8.42 Å². The first-order valence-corrected chi connectivity index (χ1v) is 6.17. The molecule has 0 N–H and O–H groups in total. The second-order valence-electron chi connectivity index (χ2n) is 2.57. The Morgan fingerprint density at radius 2 is 2.00 bits per heavy atom. The lowest BCUT2D eigenvalue weighted by atomic mass is 10.3. The van der Waals surface area contributed by atoms with Crippen molar-refractivity contribution in [2.75, 3.05) is 13.4 Å². The van der Waals surface area contributed by atoms with Crippen molar-refractivity contribution >= 4 is 25.8 Å². The zero-order chi connectivity index (χ0) is 10.1. The average molecular weight is 265 g/mol. The Morgan fingerprint density at radius 1 is 1.38 bits per heavy atom. The van der Waals surface area contributed by atoms with Crippen LogP contribution >= 0.6 is 15.9 Å². The van der Waals surface area contributed by atoms with Crippen LogP contribution < -0.4 is 4.74 Å². The first-order chi connectivity index (χ1) is 5.95. The van der Waals surface area contributed by atoms with Gasteiger partial charge in [-0.05, 0) is 18.2 Å². The molecule has 0 aliphatic heterocycles. The van der Waals surface area contributed by atoms with E-state index in [0.29, 0.717) is 5.75 Å². The van der Waals surface area contributed by atoms with Crippen LogP contribution in [0.3, 0.4) is 0 Å². The molecular formula is C8H9BrO3S. The van der Waals surface area contributed by atoms with Crippen molar-refractivity contribution in [3.8, 4) is 5.75 Å². The molecule has 0 fully saturated rings. The molecule has 1 rings (SSSR count). The van der Waals surface area contributed by atoms with E-state index in [1.165, 1.54) is 13.2 Å². The van der Waals surface area contributed by atoms with Gasteiger partial charge in [0.15, 0.2) is 9.84 Å². The number of rotatable bonds is 2. The summed E-state index contributed by atoms with van der Waals surface area (Å²) in [5.41, 5.74) is 0. The lowest BCUT2D eigenvalue weighted by Gasteiger charge is -2.06. The van der Waals surface area contributed by atoms with Crippen molar-refractivity contribution in [1.82, 2.24) is 0 Å². The third-order valence-electron chi connectivity index (χ3n) is 1.53. The summed E-state index contributed by atoms with van der Waals surface area (Å²) < 4.78 is 28.2. The molecule has 1 aromatic rings. The standard InChI is InChI=1S/C8H9BrO3S/c1-12-7-5-6(9)3-4-8(7)13(2,10)11/h3-5H,1-2H3. The normalized spacial score (nSPS) is 11.3. The Morgan fingerprint density at radius 3 is 2.46 bits per heavy atom. The van der Waals surface area contributed by atoms with Crippen LogP contribution in [0.1, 0.15) is 0 Å². The first kappa shape index (κ1) is 10.5. The average Bonchev–Trinajstić information content (AvgIpc) is 2.01. The summed E-state index contributed by atoms with van der Waals surface area (Å²) in [4.78, 5) is 0.207. The minimum atomic E-state index is -3.21. The highest BCUT2D eigenvalue weighted by molar-refractivity contribution is 9.10. The van der Waals surface area contributed by atoms with Gasteiger partial charge in [0.1, 0.15) is 10.6 Å². The molecule has 0 spiro atoms. The van der Waals surface area contributed by atoms with Gasteiger partial charge in [-0.1, -0.05) is 15.9 Å². The highest BCUT2D eigenvalue weighted by Crippen LogP contribution is 2.26. The van der Waals surface area contributed by atoms with E-state index >= 15 is 0 Å². The molecule has 3 nitrogen and oxygen atoms in total. The van der Waals surface area contributed by atoms with Crippen molar-refractivity contribution < 1.29 is 13.2 Å². The topological polar surface area (TPSA) is 43.4 Å². The smallest absolute Gasteiger partial charge is 0.179 e. The summed E-state index contributed by atoms with van der Waals surface area (Å²) in [6.45, 7) is 0. The molecule has 0 saturated heterocycles. The maximum Gasteiger partial charge on any atom is 0.179 e. The Bertz CT molecular complexity index is 411. The minimum absolute atomic E-state index is 0.207. The Balaban J connectivity index is 3.39. The highest BCUT2D eigenvalue weighted by Gasteiger charge is 2.13. The van der Waals surface area contributed by atoms with Crippen LogP contribution in [0.4, 0.5) is 0 Å². The van der Waals surface area contributed by atoms with Crippen molar-refractivity contribution in [2.24, 2.45) is 0 Å². The fourth-order valence-corrected chi connectivity index (χ4v) is 2.11. The van der Waals surface area contributed by atoms with E-state index in [2.05, 4.69) is 15.9 Å². The van der Waals surface area contributed by atoms with E-state index in [1.807, 2.05) is 0 Å². The van der Waals surface area contributed by atoms with Crippen LogP contribution in [0.2, 0.25) is 0 Å². The molecule has 0 heterocycles. The third-order valence-corrected chi connectivity index (χ3v) is 3.15. The van der Waals surface area contributed by atoms with Crippen molar-refractivity contribution in [2.45, 2.75) is 4.90 Å². The number of sulfone groups is 1. The molecule has 13 heavy (non-hydrogen) atoms. The van der Waals surface area contributed by atoms with Crippen molar-refractivity contribution in [3.63, 3.8) is 0 Å².